The van der Waals surface area contributed by atoms with Gasteiger partial charge in [0.2, 0.25) is 16.3 Å². The van der Waals surface area contributed by atoms with E-state index in [0.29, 0.717) is 12.2 Å². The van der Waals surface area contributed by atoms with Crippen LogP contribution in [0.1, 0.15) is 54.7 Å². The van der Waals surface area contributed by atoms with Crippen molar-refractivity contribution < 1.29 is 32.5 Å². The number of methoxy groups -OCH3 is 1. The zero-order chi connectivity index (χ0) is 31.4. The molecule has 2 aliphatic carbocycles. The van der Waals surface area contributed by atoms with Crippen molar-refractivity contribution in [3.63, 3.8) is 0 Å². The molecule has 3 aromatic carbocycles. The van der Waals surface area contributed by atoms with Crippen LogP contribution < -0.4 is 10.1 Å². The van der Waals surface area contributed by atoms with E-state index in [1.165, 1.54) is 45.8 Å². The van der Waals surface area contributed by atoms with E-state index in [2.05, 4.69) is 47.8 Å². The molecule has 1 aliphatic heterocycles. The van der Waals surface area contributed by atoms with Crippen LogP contribution in [0.25, 0.3) is 11.1 Å². The maximum Gasteiger partial charge on any atom is 0.286 e. The Balaban J connectivity index is 1.18. The van der Waals surface area contributed by atoms with Crippen molar-refractivity contribution in [2.75, 3.05) is 33.4 Å². The maximum absolute atomic E-state index is 13.3. The molecule has 0 unspecified atom stereocenters. The van der Waals surface area contributed by atoms with Crippen molar-refractivity contribution in [3.8, 4) is 16.9 Å². The van der Waals surface area contributed by atoms with Crippen LogP contribution in [0.5, 0.6) is 5.75 Å². The number of carbonyl (C=O) groups excluding carboxylic acids is 1. The van der Waals surface area contributed by atoms with Crippen molar-refractivity contribution in [2.45, 2.75) is 61.7 Å². The minimum absolute atomic E-state index is 0.00384. The zero-order valence-corrected chi connectivity index (χ0v) is 26.3. The number of carbonyl (C=O) groups is 1. The Labute approximate surface area is 264 Å². The molecule has 1 heterocycles. The number of ether oxygens (including phenoxy) is 3. The Morgan fingerprint density at radius 2 is 1.76 bits per heavy atom. The molecule has 0 bridgehead atoms. The molecular weight excluding hydrogens is 592 g/mol. The van der Waals surface area contributed by atoms with Gasteiger partial charge in [0.1, 0.15) is 5.75 Å². The molecule has 6 rings (SSSR count). The fraction of sp³-hybridized carbons (Fsp3) is 0.400. The van der Waals surface area contributed by atoms with E-state index in [-0.39, 0.29) is 54.8 Å². The molecule has 1 saturated carbocycles. The van der Waals surface area contributed by atoms with Crippen molar-refractivity contribution >= 4 is 15.9 Å². The van der Waals surface area contributed by atoms with Gasteiger partial charge in [0.05, 0.1) is 25.2 Å². The fourth-order valence-corrected chi connectivity index (χ4v) is 7.93. The Morgan fingerprint density at radius 3 is 2.51 bits per heavy atom. The van der Waals surface area contributed by atoms with Crippen molar-refractivity contribution in [1.29, 1.82) is 0 Å². The maximum atomic E-state index is 13.3. The average Bonchev–Trinajstić information content (AvgIpc) is 3.71. The number of nitrogens with zero attached hydrogens (tertiary/aromatic N) is 1. The molecule has 10 heteroatoms. The van der Waals surface area contributed by atoms with Gasteiger partial charge >= 0.3 is 0 Å². The van der Waals surface area contributed by atoms with Gasteiger partial charge in [-0.3, -0.25) is 4.79 Å². The number of amides is 1. The van der Waals surface area contributed by atoms with E-state index in [1.54, 1.807) is 12.1 Å². The molecule has 45 heavy (non-hydrogen) atoms. The summed E-state index contributed by atoms with van der Waals surface area (Å²) in [4.78, 5) is 13.4. The molecule has 0 radical (unpaired) electrons. The van der Waals surface area contributed by atoms with Crippen molar-refractivity contribution in [2.24, 2.45) is 0 Å². The SMILES string of the molecule is COc1ccc(S(=O)(=O)N(CCO)CCO[C@H]2C[C@@H](c3ccc4c(c3)Cc3ccccc3-4)C=C(C(=O)NC3CCCC3)O2)cc1. The number of nitrogens with one attached hydrogen (secondary N) is 1. The van der Waals surface area contributed by atoms with Crippen LogP contribution in [0.4, 0.5) is 0 Å². The van der Waals surface area contributed by atoms with Gasteiger partial charge in [0.25, 0.3) is 5.91 Å². The third kappa shape index (κ3) is 6.94. The van der Waals surface area contributed by atoms with Crippen molar-refractivity contribution in [1.82, 2.24) is 9.62 Å². The minimum atomic E-state index is -3.89. The standard InChI is InChI=1S/C35H40N2O7S/c1-42-29-11-13-30(14-12-29)45(40,41)37(16-18-38)17-19-43-34-23-26(22-33(44-34)35(39)36-28-7-3-4-8-28)24-10-15-32-27(20-24)21-25-6-2-5-9-31(25)32/h2,5-6,9-15,20,22,26,28,34,38H,3-4,7-8,16-19,21,23H2,1H3,(H,36,39)/t26-,34+/m0/s1. The summed E-state index contributed by atoms with van der Waals surface area (Å²) in [5, 5.41) is 12.8. The molecule has 238 valence electrons. The summed E-state index contributed by atoms with van der Waals surface area (Å²) in [7, 11) is -2.38. The van der Waals surface area contributed by atoms with Crippen LogP contribution in [0.3, 0.4) is 0 Å². The van der Waals surface area contributed by atoms with Crippen LogP contribution in [0.15, 0.2) is 83.5 Å². The monoisotopic (exact) mass is 632 g/mol. The normalized spacial score (nSPS) is 19.5. The molecule has 3 aliphatic rings. The lowest BCUT2D eigenvalue weighted by atomic mass is 9.90. The summed E-state index contributed by atoms with van der Waals surface area (Å²) in [5.41, 5.74) is 6.14. The number of hydrogen-bond donors (Lipinski definition) is 2. The van der Waals surface area contributed by atoms with Gasteiger partial charge < -0.3 is 24.6 Å². The van der Waals surface area contributed by atoms with Crippen LogP contribution in [-0.2, 0) is 30.7 Å². The first kappa shape index (κ1) is 31.3. The second kappa shape index (κ2) is 13.7. The van der Waals surface area contributed by atoms with E-state index in [9.17, 15) is 18.3 Å². The van der Waals surface area contributed by atoms with Gasteiger partial charge in [0.15, 0.2) is 5.76 Å². The van der Waals surface area contributed by atoms with E-state index in [4.69, 9.17) is 14.2 Å². The number of hydrogen-bond acceptors (Lipinski definition) is 7. The minimum Gasteiger partial charge on any atom is -0.497 e. The van der Waals surface area contributed by atoms with Gasteiger partial charge in [-0.1, -0.05) is 55.3 Å². The number of allylic oxidation sites excluding steroid dienone is 1. The Morgan fingerprint density at radius 1 is 1.00 bits per heavy atom. The molecule has 2 atom stereocenters. The highest BCUT2D eigenvalue weighted by molar-refractivity contribution is 7.89. The van der Waals surface area contributed by atoms with Gasteiger partial charge in [-0.05, 0) is 77.4 Å². The molecule has 1 amide bonds. The molecule has 1 fully saturated rings. The van der Waals surface area contributed by atoms with Crippen LogP contribution in [0.2, 0.25) is 0 Å². The number of rotatable bonds is 12. The lowest BCUT2D eigenvalue weighted by molar-refractivity contribution is -0.146. The number of aliphatic hydroxyl groups is 1. The lowest BCUT2D eigenvalue weighted by Gasteiger charge is -2.30. The largest absolute Gasteiger partial charge is 0.497 e. The first-order valence-corrected chi connectivity index (χ1v) is 17.1. The molecule has 0 spiro atoms. The molecule has 2 N–H and O–H groups in total. The summed E-state index contributed by atoms with van der Waals surface area (Å²) in [6.45, 7) is -0.403. The van der Waals surface area contributed by atoms with Gasteiger partial charge in [-0.15, -0.1) is 0 Å². The van der Waals surface area contributed by atoms with Crippen LogP contribution >= 0.6 is 0 Å². The van der Waals surface area contributed by atoms with Gasteiger partial charge in [-0.2, -0.15) is 4.31 Å². The highest BCUT2D eigenvalue weighted by atomic mass is 32.2. The summed E-state index contributed by atoms with van der Waals surface area (Å²) < 4.78 is 45.2. The number of aliphatic hydroxyl groups excluding tert-OH is 1. The lowest BCUT2D eigenvalue weighted by Crippen LogP contribution is -2.39. The Kier molecular flexibility index (Phi) is 9.56. The predicted octanol–water partition coefficient (Wildman–Crippen LogP) is 4.74. The second-order valence-corrected chi connectivity index (χ2v) is 13.7. The Bertz CT molecular complexity index is 1650. The van der Waals surface area contributed by atoms with Crippen LogP contribution in [0, 0.1) is 0 Å². The van der Waals surface area contributed by atoms with E-state index in [1.807, 2.05) is 6.08 Å². The molecular formula is C35H40N2O7S. The van der Waals surface area contributed by atoms with Crippen LogP contribution in [-0.4, -0.2) is 69.5 Å². The number of benzene rings is 3. The van der Waals surface area contributed by atoms with E-state index in [0.717, 1.165) is 37.7 Å². The smallest absolute Gasteiger partial charge is 0.286 e. The van der Waals surface area contributed by atoms with E-state index >= 15 is 0 Å². The molecule has 0 aromatic heterocycles. The summed E-state index contributed by atoms with van der Waals surface area (Å²) in [6.07, 6.45) is 6.58. The molecule has 9 nitrogen and oxygen atoms in total. The third-order valence-corrected chi connectivity index (χ3v) is 10.8. The number of sulfonamides is 1. The topological polar surface area (TPSA) is 114 Å². The van der Waals surface area contributed by atoms with E-state index < -0.39 is 16.3 Å². The molecule has 3 aromatic rings. The fourth-order valence-electron chi connectivity index (χ4n) is 6.52. The van der Waals surface area contributed by atoms with Gasteiger partial charge in [-0.25, -0.2) is 8.42 Å². The predicted molar refractivity (Wildman–Crippen MR) is 170 cm³/mol. The highest BCUT2D eigenvalue weighted by Gasteiger charge is 2.32. The first-order valence-electron chi connectivity index (χ1n) is 15.6. The second-order valence-electron chi connectivity index (χ2n) is 11.8. The van der Waals surface area contributed by atoms with Crippen molar-refractivity contribution in [3.05, 3.63) is 95.3 Å². The Hall–Kier alpha value is -3.70. The summed E-state index contributed by atoms with van der Waals surface area (Å²) in [6, 6.07) is 21.2. The quantitative estimate of drug-likeness (QED) is 0.232. The summed E-state index contributed by atoms with van der Waals surface area (Å²) >= 11 is 0. The first-order chi connectivity index (χ1) is 21.9. The average molecular weight is 633 g/mol. The molecule has 0 saturated heterocycles. The summed E-state index contributed by atoms with van der Waals surface area (Å²) in [5.74, 6) is 0.394. The zero-order valence-electron chi connectivity index (χ0n) is 25.5. The third-order valence-electron chi connectivity index (χ3n) is 8.91. The highest BCUT2D eigenvalue weighted by Crippen LogP contribution is 2.40. The van der Waals surface area contributed by atoms with Gasteiger partial charge in [0, 0.05) is 31.5 Å². The number of fused-ring (bicyclic) bond motifs is 3.